The molecule has 1 unspecified atom stereocenters. The van der Waals surface area contributed by atoms with Gasteiger partial charge in [-0.2, -0.15) is 0 Å². The second kappa shape index (κ2) is 5.57. The Hall–Kier alpha value is -2.29. The van der Waals surface area contributed by atoms with Crippen LogP contribution in [0.1, 0.15) is 22.6 Å². The van der Waals surface area contributed by atoms with Crippen molar-refractivity contribution in [3.8, 4) is 5.75 Å². The summed E-state index contributed by atoms with van der Waals surface area (Å²) in [7, 11) is 0. The van der Waals surface area contributed by atoms with Gasteiger partial charge in [-0.25, -0.2) is 0 Å². The predicted molar refractivity (Wildman–Crippen MR) is 73.4 cm³/mol. The van der Waals surface area contributed by atoms with E-state index in [1.54, 1.807) is 12.1 Å². The highest BCUT2D eigenvalue weighted by atomic mass is 16.4. The molecule has 0 saturated heterocycles. The Balaban J connectivity index is 2.26. The van der Waals surface area contributed by atoms with Crippen molar-refractivity contribution in [3.63, 3.8) is 0 Å². The van der Waals surface area contributed by atoms with Crippen LogP contribution in [0.5, 0.6) is 5.75 Å². The van der Waals surface area contributed by atoms with Crippen LogP contribution in [0.15, 0.2) is 48.5 Å². The monoisotopic (exact) mass is 256 g/mol. The molecule has 0 radical (unpaired) electrons. The summed E-state index contributed by atoms with van der Waals surface area (Å²) in [6.07, 6.45) is 0.446. The molecule has 2 aromatic rings. The van der Waals surface area contributed by atoms with E-state index in [4.69, 9.17) is 0 Å². The van der Waals surface area contributed by atoms with Crippen molar-refractivity contribution in [2.24, 2.45) is 0 Å². The molecule has 98 valence electrons. The van der Waals surface area contributed by atoms with E-state index in [1.165, 1.54) is 12.1 Å². The molecular formula is C16H16O3. The lowest BCUT2D eigenvalue weighted by Gasteiger charge is -2.13. The minimum Gasteiger partial charge on any atom is -0.508 e. The highest BCUT2D eigenvalue weighted by molar-refractivity contribution is 5.76. The highest BCUT2D eigenvalue weighted by Gasteiger charge is 2.20. The molecule has 0 aliphatic carbocycles. The average molecular weight is 256 g/mol. The first kappa shape index (κ1) is 13.1. The van der Waals surface area contributed by atoms with Gasteiger partial charge < -0.3 is 10.2 Å². The van der Waals surface area contributed by atoms with Gasteiger partial charge in [0.1, 0.15) is 5.75 Å². The molecule has 2 N–H and O–H groups in total. The number of aryl methyl sites for hydroxylation is 1. The molecule has 0 aliphatic rings. The van der Waals surface area contributed by atoms with Gasteiger partial charge >= 0.3 is 5.97 Å². The fourth-order valence-corrected chi connectivity index (χ4v) is 2.13. The van der Waals surface area contributed by atoms with E-state index in [0.717, 1.165) is 11.1 Å². The van der Waals surface area contributed by atoms with Crippen LogP contribution in [0.25, 0.3) is 0 Å². The summed E-state index contributed by atoms with van der Waals surface area (Å²) >= 11 is 0. The molecular weight excluding hydrogens is 240 g/mol. The van der Waals surface area contributed by atoms with Crippen molar-refractivity contribution < 1.29 is 15.0 Å². The maximum atomic E-state index is 11.4. The third-order valence-electron chi connectivity index (χ3n) is 3.12. The largest absolute Gasteiger partial charge is 0.508 e. The third kappa shape index (κ3) is 3.35. The van der Waals surface area contributed by atoms with Gasteiger partial charge in [0.05, 0.1) is 5.92 Å². The number of phenolic OH excluding ortho intramolecular Hbond substituents is 1. The molecule has 19 heavy (non-hydrogen) atoms. The van der Waals surface area contributed by atoms with Gasteiger partial charge in [-0.3, -0.25) is 4.79 Å². The minimum atomic E-state index is -0.854. The Morgan fingerprint density at radius 3 is 2.42 bits per heavy atom. The van der Waals surface area contributed by atoms with Gasteiger partial charge in [0.15, 0.2) is 0 Å². The number of hydrogen-bond acceptors (Lipinski definition) is 2. The first-order valence-electron chi connectivity index (χ1n) is 6.13. The number of carboxylic acid groups (broad SMARTS) is 1. The topological polar surface area (TPSA) is 57.5 Å². The molecule has 0 aliphatic heterocycles. The maximum Gasteiger partial charge on any atom is 0.311 e. The van der Waals surface area contributed by atoms with Crippen molar-refractivity contribution >= 4 is 5.97 Å². The number of carbonyl (C=O) groups is 1. The summed E-state index contributed by atoms with van der Waals surface area (Å²) in [5, 5.41) is 18.6. The second-order valence-corrected chi connectivity index (χ2v) is 4.68. The number of phenols is 1. The first-order chi connectivity index (χ1) is 9.06. The molecule has 2 aromatic carbocycles. The normalized spacial score (nSPS) is 12.1. The average Bonchev–Trinajstić information content (AvgIpc) is 2.37. The Morgan fingerprint density at radius 2 is 1.84 bits per heavy atom. The molecule has 2 rings (SSSR count). The SMILES string of the molecule is Cc1cccc(CC(C(=O)O)c2ccc(O)cc2)c1. The molecule has 3 nitrogen and oxygen atoms in total. The molecule has 0 fully saturated rings. The third-order valence-corrected chi connectivity index (χ3v) is 3.12. The summed E-state index contributed by atoms with van der Waals surface area (Å²) in [5.41, 5.74) is 2.82. The summed E-state index contributed by atoms with van der Waals surface area (Å²) in [6.45, 7) is 1.99. The number of carboxylic acids is 1. The van der Waals surface area contributed by atoms with Crippen molar-refractivity contribution in [1.29, 1.82) is 0 Å². The predicted octanol–water partition coefficient (Wildman–Crippen LogP) is 3.11. The van der Waals surface area contributed by atoms with Crippen LogP contribution in [-0.2, 0) is 11.2 Å². The van der Waals surface area contributed by atoms with Gasteiger partial charge in [-0.15, -0.1) is 0 Å². The van der Waals surface area contributed by atoms with Gasteiger partial charge in [0.2, 0.25) is 0 Å². The number of rotatable bonds is 4. The molecule has 1 atom stereocenters. The lowest BCUT2D eigenvalue weighted by Crippen LogP contribution is -2.14. The zero-order valence-electron chi connectivity index (χ0n) is 10.7. The van der Waals surface area contributed by atoms with Crippen LogP contribution < -0.4 is 0 Å². The number of aromatic hydroxyl groups is 1. The lowest BCUT2D eigenvalue weighted by atomic mass is 9.91. The van der Waals surface area contributed by atoms with E-state index in [2.05, 4.69) is 0 Å². The van der Waals surface area contributed by atoms with Crippen molar-refractivity contribution in [3.05, 3.63) is 65.2 Å². The number of aliphatic carboxylic acids is 1. The molecule has 3 heteroatoms. The Labute approximate surface area is 112 Å². The Bertz CT molecular complexity index is 573. The van der Waals surface area contributed by atoms with Crippen LogP contribution in [0.3, 0.4) is 0 Å². The molecule has 0 bridgehead atoms. The minimum absolute atomic E-state index is 0.142. The summed E-state index contributed by atoms with van der Waals surface area (Å²) in [6, 6.07) is 14.2. The van der Waals surface area contributed by atoms with E-state index in [-0.39, 0.29) is 5.75 Å². The second-order valence-electron chi connectivity index (χ2n) is 4.68. The molecule has 0 aromatic heterocycles. The number of hydrogen-bond donors (Lipinski definition) is 2. The first-order valence-corrected chi connectivity index (χ1v) is 6.13. The van der Waals surface area contributed by atoms with Gasteiger partial charge in [0, 0.05) is 0 Å². The molecule has 0 saturated carbocycles. The fourth-order valence-electron chi connectivity index (χ4n) is 2.13. The standard InChI is InChI=1S/C16H16O3/c1-11-3-2-4-12(9-11)10-15(16(18)19)13-5-7-14(17)8-6-13/h2-9,15,17H,10H2,1H3,(H,18,19). The molecule has 0 amide bonds. The van der Waals surface area contributed by atoms with E-state index >= 15 is 0 Å². The van der Waals surface area contributed by atoms with E-state index in [9.17, 15) is 15.0 Å². The quantitative estimate of drug-likeness (QED) is 0.883. The lowest BCUT2D eigenvalue weighted by molar-refractivity contribution is -0.138. The molecule has 0 heterocycles. The van der Waals surface area contributed by atoms with Crippen LogP contribution in [0.2, 0.25) is 0 Å². The van der Waals surface area contributed by atoms with Crippen LogP contribution in [0.4, 0.5) is 0 Å². The van der Waals surface area contributed by atoms with Gasteiger partial charge in [-0.05, 0) is 36.6 Å². The summed E-state index contributed by atoms with van der Waals surface area (Å²) < 4.78 is 0. The van der Waals surface area contributed by atoms with Crippen molar-refractivity contribution in [1.82, 2.24) is 0 Å². The van der Waals surface area contributed by atoms with Gasteiger partial charge in [-0.1, -0.05) is 42.0 Å². The Kier molecular flexibility index (Phi) is 3.85. The Morgan fingerprint density at radius 1 is 1.16 bits per heavy atom. The van der Waals surface area contributed by atoms with Crippen LogP contribution in [0, 0.1) is 6.92 Å². The van der Waals surface area contributed by atoms with E-state index in [1.807, 2.05) is 31.2 Å². The maximum absolute atomic E-state index is 11.4. The van der Waals surface area contributed by atoms with Crippen LogP contribution in [-0.4, -0.2) is 16.2 Å². The van der Waals surface area contributed by atoms with Crippen LogP contribution >= 0.6 is 0 Å². The molecule has 0 spiro atoms. The van der Waals surface area contributed by atoms with Crippen molar-refractivity contribution in [2.75, 3.05) is 0 Å². The highest BCUT2D eigenvalue weighted by Crippen LogP contribution is 2.23. The van der Waals surface area contributed by atoms with E-state index < -0.39 is 11.9 Å². The fraction of sp³-hybridized carbons (Fsp3) is 0.188. The van der Waals surface area contributed by atoms with Crippen molar-refractivity contribution in [2.45, 2.75) is 19.3 Å². The summed E-state index contributed by atoms with van der Waals surface area (Å²) in [4.78, 5) is 11.4. The van der Waals surface area contributed by atoms with Gasteiger partial charge in [0.25, 0.3) is 0 Å². The summed E-state index contributed by atoms with van der Waals surface area (Å²) in [5.74, 6) is -1.31. The number of benzene rings is 2. The smallest absolute Gasteiger partial charge is 0.311 e. The van der Waals surface area contributed by atoms with E-state index in [0.29, 0.717) is 12.0 Å². The zero-order valence-corrected chi connectivity index (χ0v) is 10.7. The zero-order chi connectivity index (χ0) is 13.8.